The van der Waals surface area contributed by atoms with Crippen molar-refractivity contribution in [3.05, 3.63) is 57.0 Å². The van der Waals surface area contributed by atoms with E-state index in [2.05, 4.69) is 4.99 Å². The SMILES string of the molecule is COCCn1c(=NC(=O)c2cc3cccc(OC)c3o2)sc2c(Cl)ccc(Cl)c21. The molecule has 0 saturated carbocycles. The summed E-state index contributed by atoms with van der Waals surface area (Å²) in [5.41, 5.74) is 1.22. The zero-order valence-corrected chi connectivity index (χ0v) is 17.9. The van der Waals surface area contributed by atoms with Gasteiger partial charge in [-0.15, -0.1) is 0 Å². The molecule has 0 aliphatic rings. The highest BCUT2D eigenvalue weighted by Gasteiger charge is 2.17. The van der Waals surface area contributed by atoms with Crippen molar-refractivity contribution in [1.29, 1.82) is 0 Å². The maximum atomic E-state index is 12.9. The number of rotatable bonds is 5. The third-order valence-electron chi connectivity index (χ3n) is 4.38. The van der Waals surface area contributed by atoms with Gasteiger partial charge in [0.15, 0.2) is 21.9 Å². The van der Waals surface area contributed by atoms with E-state index in [-0.39, 0.29) is 5.76 Å². The Morgan fingerprint density at radius 2 is 2.00 bits per heavy atom. The Morgan fingerprint density at radius 3 is 2.76 bits per heavy atom. The molecule has 1 amide bonds. The highest BCUT2D eigenvalue weighted by atomic mass is 35.5. The number of hydrogen-bond acceptors (Lipinski definition) is 5. The van der Waals surface area contributed by atoms with Gasteiger partial charge < -0.3 is 18.5 Å². The third-order valence-corrected chi connectivity index (χ3v) is 6.23. The largest absolute Gasteiger partial charge is 0.493 e. The molecular formula is C20H16Cl2N2O4S. The van der Waals surface area contributed by atoms with Crippen molar-refractivity contribution in [2.24, 2.45) is 4.99 Å². The summed E-state index contributed by atoms with van der Waals surface area (Å²) in [5.74, 6) is 0.169. The van der Waals surface area contributed by atoms with Gasteiger partial charge in [-0.1, -0.05) is 46.7 Å². The number of ether oxygens (including phenoxy) is 2. The van der Waals surface area contributed by atoms with Gasteiger partial charge in [-0.3, -0.25) is 4.79 Å². The highest BCUT2D eigenvalue weighted by molar-refractivity contribution is 7.17. The smallest absolute Gasteiger partial charge is 0.315 e. The van der Waals surface area contributed by atoms with Crippen molar-refractivity contribution in [3.63, 3.8) is 0 Å². The van der Waals surface area contributed by atoms with Crippen molar-refractivity contribution < 1.29 is 18.7 Å². The molecule has 0 saturated heterocycles. The first kappa shape index (κ1) is 20.0. The minimum absolute atomic E-state index is 0.123. The van der Waals surface area contributed by atoms with Gasteiger partial charge in [0.05, 0.1) is 34.0 Å². The molecule has 0 bridgehead atoms. The maximum Gasteiger partial charge on any atom is 0.315 e. The van der Waals surface area contributed by atoms with Gasteiger partial charge in [0.1, 0.15) is 0 Å². The van der Waals surface area contributed by atoms with E-state index in [9.17, 15) is 4.79 Å². The normalized spacial score (nSPS) is 12.2. The van der Waals surface area contributed by atoms with E-state index in [4.69, 9.17) is 37.1 Å². The number of thiazole rings is 1. The van der Waals surface area contributed by atoms with Crippen LogP contribution in [0.1, 0.15) is 10.6 Å². The number of nitrogens with zero attached hydrogens (tertiary/aromatic N) is 2. The molecule has 0 fully saturated rings. The number of aromatic nitrogens is 1. The van der Waals surface area contributed by atoms with E-state index in [0.717, 1.165) is 15.6 Å². The summed E-state index contributed by atoms with van der Waals surface area (Å²) in [6, 6.07) is 10.5. The minimum Gasteiger partial charge on any atom is -0.493 e. The number of carbonyl (C=O) groups is 1. The van der Waals surface area contributed by atoms with E-state index in [1.54, 1.807) is 38.5 Å². The summed E-state index contributed by atoms with van der Waals surface area (Å²) in [4.78, 5) is 17.6. The van der Waals surface area contributed by atoms with Gasteiger partial charge >= 0.3 is 5.91 Å². The summed E-state index contributed by atoms with van der Waals surface area (Å²) >= 11 is 14.0. The van der Waals surface area contributed by atoms with Crippen molar-refractivity contribution in [1.82, 2.24) is 4.57 Å². The molecule has 0 radical (unpaired) electrons. The number of carbonyl (C=O) groups excluding carboxylic acids is 1. The first-order valence-electron chi connectivity index (χ1n) is 8.65. The van der Waals surface area contributed by atoms with Crippen molar-refractivity contribution in [2.45, 2.75) is 6.54 Å². The zero-order valence-electron chi connectivity index (χ0n) is 15.6. The first-order valence-corrected chi connectivity index (χ1v) is 10.2. The molecule has 0 unspecified atom stereocenters. The summed E-state index contributed by atoms with van der Waals surface area (Å²) < 4.78 is 18.8. The quantitative estimate of drug-likeness (QED) is 0.421. The van der Waals surface area contributed by atoms with E-state index in [1.807, 2.05) is 16.7 Å². The lowest BCUT2D eigenvalue weighted by molar-refractivity contribution is 0.0973. The van der Waals surface area contributed by atoms with Crippen LogP contribution in [0.4, 0.5) is 0 Å². The second-order valence-electron chi connectivity index (χ2n) is 6.14. The molecule has 4 rings (SSSR count). The van der Waals surface area contributed by atoms with E-state index < -0.39 is 5.91 Å². The highest BCUT2D eigenvalue weighted by Crippen LogP contribution is 2.32. The van der Waals surface area contributed by atoms with E-state index in [0.29, 0.717) is 39.3 Å². The molecule has 0 aliphatic carbocycles. The average molecular weight is 451 g/mol. The molecule has 0 spiro atoms. The Morgan fingerprint density at radius 1 is 1.21 bits per heavy atom. The Bertz CT molecular complexity index is 1290. The van der Waals surface area contributed by atoms with Crippen LogP contribution in [-0.4, -0.2) is 31.3 Å². The minimum atomic E-state index is -0.506. The Kier molecular flexibility index (Phi) is 5.65. The molecule has 150 valence electrons. The van der Waals surface area contributed by atoms with Crippen molar-refractivity contribution >= 4 is 61.6 Å². The maximum absolute atomic E-state index is 12.9. The Labute approximate surface area is 179 Å². The lowest BCUT2D eigenvalue weighted by Crippen LogP contribution is -2.19. The van der Waals surface area contributed by atoms with Gasteiger partial charge in [-0.2, -0.15) is 4.99 Å². The Hall–Kier alpha value is -2.32. The molecule has 9 heteroatoms. The van der Waals surface area contributed by atoms with Crippen LogP contribution < -0.4 is 9.54 Å². The summed E-state index contributed by atoms with van der Waals surface area (Å²) in [5, 5.41) is 1.83. The fourth-order valence-corrected chi connectivity index (χ4v) is 4.70. The molecule has 0 atom stereocenters. The van der Waals surface area contributed by atoms with Crippen LogP contribution in [-0.2, 0) is 11.3 Å². The first-order chi connectivity index (χ1) is 14.0. The van der Waals surface area contributed by atoms with Crippen LogP contribution in [0, 0.1) is 0 Å². The van der Waals surface area contributed by atoms with Gasteiger partial charge in [0.25, 0.3) is 0 Å². The molecular weight excluding hydrogens is 435 g/mol. The molecule has 0 aliphatic heterocycles. The zero-order chi connectivity index (χ0) is 20.5. The molecule has 2 aromatic carbocycles. The monoisotopic (exact) mass is 450 g/mol. The van der Waals surface area contributed by atoms with Crippen LogP contribution >= 0.6 is 34.5 Å². The van der Waals surface area contributed by atoms with E-state index >= 15 is 0 Å². The van der Waals surface area contributed by atoms with Gasteiger partial charge in [0, 0.05) is 19.0 Å². The molecule has 6 nitrogen and oxygen atoms in total. The summed E-state index contributed by atoms with van der Waals surface area (Å²) in [6.07, 6.45) is 0. The number of fused-ring (bicyclic) bond motifs is 2. The number of methoxy groups -OCH3 is 2. The van der Waals surface area contributed by atoms with Crippen LogP contribution in [0.5, 0.6) is 5.75 Å². The summed E-state index contributed by atoms with van der Waals surface area (Å²) in [6.45, 7) is 0.897. The van der Waals surface area contributed by atoms with E-state index in [1.165, 1.54) is 11.3 Å². The standard InChI is InChI=1S/C20H16Cl2N2O4S/c1-26-9-8-24-16-12(21)6-7-13(22)18(16)29-20(24)23-19(25)15-10-11-4-3-5-14(27-2)17(11)28-15/h3-7,10H,8-9H2,1-2H3. The lowest BCUT2D eigenvalue weighted by atomic mass is 10.2. The molecule has 0 N–H and O–H groups in total. The molecule has 2 aromatic heterocycles. The fraction of sp³-hybridized carbons (Fsp3) is 0.200. The predicted molar refractivity (Wildman–Crippen MR) is 114 cm³/mol. The topological polar surface area (TPSA) is 66.0 Å². The number of para-hydroxylation sites is 1. The van der Waals surface area contributed by atoms with Crippen LogP contribution in [0.25, 0.3) is 21.2 Å². The third kappa shape index (κ3) is 3.67. The van der Waals surface area contributed by atoms with Crippen LogP contribution in [0.15, 0.2) is 45.8 Å². The second kappa shape index (κ2) is 8.20. The molecule has 29 heavy (non-hydrogen) atoms. The van der Waals surface area contributed by atoms with Gasteiger partial charge in [0.2, 0.25) is 0 Å². The van der Waals surface area contributed by atoms with Crippen molar-refractivity contribution in [3.8, 4) is 5.75 Å². The lowest BCUT2D eigenvalue weighted by Gasteiger charge is -2.05. The number of halogens is 2. The van der Waals surface area contributed by atoms with Gasteiger partial charge in [-0.25, -0.2) is 0 Å². The number of hydrogen-bond donors (Lipinski definition) is 0. The van der Waals surface area contributed by atoms with Crippen molar-refractivity contribution in [2.75, 3.05) is 20.8 Å². The van der Waals surface area contributed by atoms with Crippen LogP contribution in [0.2, 0.25) is 10.0 Å². The average Bonchev–Trinajstić information content (AvgIpc) is 3.31. The fourth-order valence-electron chi connectivity index (χ4n) is 3.03. The Balaban J connectivity index is 1.86. The summed E-state index contributed by atoms with van der Waals surface area (Å²) in [7, 11) is 3.15. The van der Waals surface area contributed by atoms with Crippen LogP contribution in [0.3, 0.4) is 0 Å². The van der Waals surface area contributed by atoms with Gasteiger partial charge in [-0.05, 0) is 24.3 Å². The number of furan rings is 1. The molecule has 4 aromatic rings. The number of benzene rings is 2. The number of amides is 1. The predicted octanol–water partition coefficient (Wildman–Crippen LogP) is 5.15. The molecule has 2 heterocycles. The second-order valence-corrected chi connectivity index (χ2v) is 7.93.